The Labute approximate surface area is 133 Å². The van der Waals surface area contributed by atoms with E-state index < -0.39 is 10.0 Å². The van der Waals surface area contributed by atoms with Crippen LogP contribution in [0.4, 0.5) is 0 Å². The topological polar surface area (TPSA) is 86.1 Å². The number of nitrogens with zero attached hydrogens (tertiary/aromatic N) is 3. The Morgan fingerprint density at radius 2 is 2.32 bits per heavy atom. The lowest BCUT2D eigenvalue weighted by molar-refractivity contribution is 0.184. The van der Waals surface area contributed by atoms with Crippen LogP contribution in [0.1, 0.15) is 18.2 Å². The van der Waals surface area contributed by atoms with Crippen molar-refractivity contribution >= 4 is 21.6 Å². The first kappa shape index (κ1) is 15.4. The Morgan fingerprint density at radius 3 is 3.05 bits per heavy atom. The Morgan fingerprint density at radius 1 is 1.45 bits per heavy atom. The van der Waals surface area contributed by atoms with E-state index in [1.807, 2.05) is 0 Å². The van der Waals surface area contributed by atoms with Crippen molar-refractivity contribution in [2.24, 2.45) is 0 Å². The van der Waals surface area contributed by atoms with Gasteiger partial charge in [-0.25, -0.2) is 17.8 Å². The van der Waals surface area contributed by atoms with Crippen LogP contribution >= 0.6 is 11.6 Å². The molecule has 1 atom stereocenters. The van der Waals surface area contributed by atoms with Crippen molar-refractivity contribution in [3.8, 4) is 0 Å². The first-order valence-electron chi connectivity index (χ1n) is 6.78. The molecule has 0 saturated carbocycles. The van der Waals surface area contributed by atoms with Gasteiger partial charge in [0.1, 0.15) is 0 Å². The van der Waals surface area contributed by atoms with Crippen LogP contribution in [0.3, 0.4) is 0 Å². The van der Waals surface area contributed by atoms with Crippen molar-refractivity contribution in [3.63, 3.8) is 0 Å². The SMILES string of the molecule is O=S(=O)(NCc1cn(C2CCOC2)nn1)c1cccc(Cl)c1. The summed E-state index contributed by atoms with van der Waals surface area (Å²) in [5.74, 6) is 0. The zero-order valence-corrected chi connectivity index (χ0v) is 13.2. The Kier molecular flexibility index (Phi) is 4.44. The number of sulfonamides is 1. The van der Waals surface area contributed by atoms with Crippen LogP contribution in [0.25, 0.3) is 0 Å². The maximum absolute atomic E-state index is 12.2. The molecule has 1 aromatic heterocycles. The van der Waals surface area contributed by atoms with E-state index in [1.165, 1.54) is 12.1 Å². The summed E-state index contributed by atoms with van der Waals surface area (Å²) in [5, 5.41) is 8.37. The van der Waals surface area contributed by atoms with Gasteiger partial charge in [0.05, 0.1) is 36.0 Å². The summed E-state index contributed by atoms with van der Waals surface area (Å²) < 4.78 is 33.9. The highest BCUT2D eigenvalue weighted by atomic mass is 35.5. The van der Waals surface area contributed by atoms with Gasteiger partial charge in [-0.15, -0.1) is 5.10 Å². The molecular weight excluding hydrogens is 328 g/mol. The summed E-state index contributed by atoms with van der Waals surface area (Å²) in [7, 11) is -3.63. The monoisotopic (exact) mass is 342 g/mol. The third kappa shape index (κ3) is 3.46. The van der Waals surface area contributed by atoms with Crippen molar-refractivity contribution in [1.29, 1.82) is 0 Å². The molecule has 1 unspecified atom stereocenters. The number of aromatic nitrogens is 3. The van der Waals surface area contributed by atoms with Crippen molar-refractivity contribution in [2.45, 2.75) is 23.9 Å². The zero-order chi connectivity index (χ0) is 15.6. The Bertz CT molecular complexity index is 756. The fraction of sp³-hybridized carbons (Fsp3) is 0.385. The van der Waals surface area contributed by atoms with Gasteiger partial charge in [0.2, 0.25) is 10.0 Å². The molecule has 22 heavy (non-hydrogen) atoms. The first-order valence-corrected chi connectivity index (χ1v) is 8.64. The maximum atomic E-state index is 12.2. The summed E-state index contributed by atoms with van der Waals surface area (Å²) in [6.07, 6.45) is 2.62. The summed E-state index contributed by atoms with van der Waals surface area (Å²) in [4.78, 5) is 0.122. The van der Waals surface area contributed by atoms with Gasteiger partial charge in [0, 0.05) is 11.6 Å². The molecule has 0 spiro atoms. The van der Waals surface area contributed by atoms with Crippen LogP contribution in [-0.4, -0.2) is 36.6 Å². The van der Waals surface area contributed by atoms with E-state index in [9.17, 15) is 8.42 Å². The van der Waals surface area contributed by atoms with Crippen LogP contribution in [0.15, 0.2) is 35.4 Å². The van der Waals surface area contributed by atoms with Crippen molar-refractivity contribution < 1.29 is 13.2 Å². The molecule has 1 fully saturated rings. The van der Waals surface area contributed by atoms with Gasteiger partial charge < -0.3 is 4.74 Å². The quantitative estimate of drug-likeness (QED) is 0.887. The molecule has 0 amide bonds. The van der Waals surface area contributed by atoms with Gasteiger partial charge in [-0.05, 0) is 24.6 Å². The van der Waals surface area contributed by atoms with Crippen LogP contribution in [0, 0.1) is 0 Å². The first-order chi connectivity index (χ1) is 10.5. The van der Waals surface area contributed by atoms with E-state index in [0.717, 1.165) is 6.42 Å². The molecule has 0 bridgehead atoms. The second-order valence-corrected chi connectivity index (χ2v) is 7.19. The molecule has 3 rings (SSSR count). The highest BCUT2D eigenvalue weighted by Crippen LogP contribution is 2.18. The minimum Gasteiger partial charge on any atom is -0.379 e. The maximum Gasteiger partial charge on any atom is 0.240 e. The van der Waals surface area contributed by atoms with Crippen LogP contribution < -0.4 is 4.72 Å². The van der Waals surface area contributed by atoms with E-state index in [0.29, 0.717) is 23.9 Å². The van der Waals surface area contributed by atoms with E-state index in [2.05, 4.69) is 15.0 Å². The van der Waals surface area contributed by atoms with Gasteiger partial charge in [-0.3, -0.25) is 0 Å². The van der Waals surface area contributed by atoms with Gasteiger partial charge >= 0.3 is 0 Å². The van der Waals surface area contributed by atoms with Crippen molar-refractivity contribution in [2.75, 3.05) is 13.2 Å². The number of halogens is 1. The minimum absolute atomic E-state index is 0.0718. The van der Waals surface area contributed by atoms with E-state index in [-0.39, 0.29) is 17.5 Å². The molecule has 1 aromatic carbocycles. The number of nitrogens with one attached hydrogen (secondary N) is 1. The molecule has 2 heterocycles. The molecule has 1 N–H and O–H groups in total. The normalized spacial score (nSPS) is 18.7. The lowest BCUT2D eigenvalue weighted by atomic mass is 10.3. The summed E-state index contributed by atoms with van der Waals surface area (Å²) in [6.45, 7) is 1.39. The van der Waals surface area contributed by atoms with E-state index >= 15 is 0 Å². The predicted octanol–water partition coefficient (Wildman–Crippen LogP) is 1.37. The molecule has 2 aromatic rings. The van der Waals surface area contributed by atoms with Crippen LogP contribution in [0.2, 0.25) is 5.02 Å². The van der Waals surface area contributed by atoms with Crippen LogP contribution in [0.5, 0.6) is 0 Å². The Hall–Kier alpha value is -1.48. The average Bonchev–Trinajstić information content (AvgIpc) is 3.16. The number of hydrogen-bond acceptors (Lipinski definition) is 5. The fourth-order valence-electron chi connectivity index (χ4n) is 2.19. The highest BCUT2D eigenvalue weighted by molar-refractivity contribution is 7.89. The van der Waals surface area contributed by atoms with Gasteiger partial charge in [-0.1, -0.05) is 22.9 Å². The summed E-state index contributed by atoms with van der Waals surface area (Å²) in [6, 6.07) is 6.27. The van der Waals surface area contributed by atoms with Crippen LogP contribution in [-0.2, 0) is 21.3 Å². The molecule has 9 heteroatoms. The number of ether oxygens (including phenoxy) is 1. The second-order valence-electron chi connectivity index (χ2n) is 4.99. The predicted molar refractivity (Wildman–Crippen MR) is 80.0 cm³/mol. The molecular formula is C13H15ClN4O3S. The molecule has 118 valence electrons. The van der Waals surface area contributed by atoms with Crippen molar-refractivity contribution in [1.82, 2.24) is 19.7 Å². The third-order valence-corrected chi connectivity index (χ3v) is 5.02. The standard InChI is InChI=1S/C13H15ClN4O3S/c14-10-2-1-3-13(6-10)22(19,20)15-7-11-8-18(17-16-11)12-4-5-21-9-12/h1-3,6,8,12,15H,4-5,7,9H2. The van der Waals surface area contributed by atoms with E-state index in [4.69, 9.17) is 16.3 Å². The molecule has 1 aliphatic heterocycles. The minimum atomic E-state index is -3.63. The molecule has 1 saturated heterocycles. The lowest BCUT2D eigenvalue weighted by Gasteiger charge is -2.06. The summed E-state index contributed by atoms with van der Waals surface area (Å²) >= 11 is 5.81. The number of hydrogen-bond donors (Lipinski definition) is 1. The molecule has 7 nitrogen and oxygen atoms in total. The van der Waals surface area contributed by atoms with E-state index in [1.54, 1.807) is 23.0 Å². The lowest BCUT2D eigenvalue weighted by Crippen LogP contribution is -2.23. The van der Waals surface area contributed by atoms with Crippen molar-refractivity contribution in [3.05, 3.63) is 41.2 Å². The number of rotatable bonds is 5. The molecule has 0 aliphatic carbocycles. The average molecular weight is 343 g/mol. The Balaban J connectivity index is 1.67. The largest absolute Gasteiger partial charge is 0.379 e. The zero-order valence-electron chi connectivity index (χ0n) is 11.6. The van der Waals surface area contributed by atoms with Gasteiger partial charge in [0.25, 0.3) is 0 Å². The third-order valence-electron chi connectivity index (χ3n) is 3.39. The molecule has 0 radical (unpaired) electrons. The van der Waals surface area contributed by atoms with Gasteiger partial charge in [-0.2, -0.15) is 0 Å². The highest BCUT2D eigenvalue weighted by Gasteiger charge is 2.20. The second kappa shape index (κ2) is 6.33. The summed E-state index contributed by atoms with van der Waals surface area (Å²) in [5.41, 5.74) is 0.553. The smallest absolute Gasteiger partial charge is 0.240 e. The van der Waals surface area contributed by atoms with Gasteiger partial charge in [0.15, 0.2) is 0 Å². The number of benzene rings is 1. The fourth-order valence-corrected chi connectivity index (χ4v) is 3.49. The molecule has 1 aliphatic rings.